The van der Waals surface area contributed by atoms with Crippen LogP contribution >= 0.6 is 11.8 Å². The van der Waals surface area contributed by atoms with Gasteiger partial charge in [0.15, 0.2) is 0 Å². The van der Waals surface area contributed by atoms with Gasteiger partial charge in [-0.2, -0.15) is 0 Å². The number of tetrazole rings is 1. The number of rotatable bonds is 8. The summed E-state index contributed by atoms with van der Waals surface area (Å²) in [7, 11) is 0. The van der Waals surface area contributed by atoms with Gasteiger partial charge in [-0.15, -0.1) is 5.10 Å². The van der Waals surface area contributed by atoms with Crippen molar-refractivity contribution in [3.63, 3.8) is 0 Å². The summed E-state index contributed by atoms with van der Waals surface area (Å²) in [4.78, 5) is 12.0. The molecule has 1 aliphatic carbocycles. The largest absolute Gasteiger partial charge is 0.353 e. The average Bonchev–Trinajstić information content (AvgIpc) is 3.13. The van der Waals surface area contributed by atoms with Crippen LogP contribution in [0.25, 0.3) is 0 Å². The van der Waals surface area contributed by atoms with E-state index < -0.39 is 0 Å². The number of amides is 1. The summed E-state index contributed by atoms with van der Waals surface area (Å²) in [5.74, 6) is 1.10. The zero-order valence-corrected chi connectivity index (χ0v) is 14.6. The Kier molecular flexibility index (Phi) is 6.67. The fraction of sp³-hybridized carbons (Fsp3) is 0.867. The van der Waals surface area contributed by atoms with E-state index in [-0.39, 0.29) is 11.9 Å². The van der Waals surface area contributed by atoms with E-state index in [1.54, 1.807) is 0 Å². The van der Waals surface area contributed by atoms with E-state index in [2.05, 4.69) is 41.6 Å². The van der Waals surface area contributed by atoms with E-state index >= 15 is 0 Å². The molecule has 0 aromatic carbocycles. The summed E-state index contributed by atoms with van der Waals surface area (Å²) in [5.41, 5.74) is 0. The zero-order valence-electron chi connectivity index (χ0n) is 13.8. The van der Waals surface area contributed by atoms with Crippen LogP contribution in [0.2, 0.25) is 0 Å². The second kappa shape index (κ2) is 8.50. The topological polar surface area (TPSA) is 72.7 Å². The number of nitrogens with zero attached hydrogens (tertiary/aromatic N) is 4. The van der Waals surface area contributed by atoms with Crippen LogP contribution in [0.15, 0.2) is 5.16 Å². The molecule has 0 spiro atoms. The monoisotopic (exact) mass is 325 g/mol. The van der Waals surface area contributed by atoms with E-state index in [1.807, 2.05) is 4.68 Å². The highest BCUT2D eigenvalue weighted by atomic mass is 32.2. The zero-order chi connectivity index (χ0) is 15.9. The van der Waals surface area contributed by atoms with Crippen LogP contribution in [-0.4, -0.2) is 37.9 Å². The Morgan fingerprint density at radius 1 is 1.32 bits per heavy atom. The predicted octanol–water partition coefficient (Wildman–Crippen LogP) is 2.82. The molecule has 1 aliphatic rings. The van der Waals surface area contributed by atoms with E-state index in [0.29, 0.717) is 17.7 Å². The third kappa shape index (κ3) is 5.26. The van der Waals surface area contributed by atoms with Crippen LogP contribution in [0.4, 0.5) is 0 Å². The molecule has 2 rings (SSSR count). The Labute approximate surface area is 136 Å². The molecule has 1 fully saturated rings. The minimum absolute atomic E-state index is 0.0576. The first-order valence-corrected chi connectivity index (χ1v) is 9.25. The number of carbonyl (C=O) groups is 1. The van der Waals surface area contributed by atoms with Crippen LogP contribution in [0.3, 0.4) is 0 Å². The van der Waals surface area contributed by atoms with Crippen LogP contribution in [0.5, 0.6) is 0 Å². The number of hydrogen-bond donors (Lipinski definition) is 1. The molecule has 1 aromatic heterocycles. The van der Waals surface area contributed by atoms with Gasteiger partial charge >= 0.3 is 0 Å². The third-order valence-corrected chi connectivity index (χ3v) is 4.98. The van der Waals surface area contributed by atoms with Crippen molar-refractivity contribution < 1.29 is 4.79 Å². The smallest absolute Gasteiger partial charge is 0.230 e. The van der Waals surface area contributed by atoms with Gasteiger partial charge in [-0.1, -0.05) is 38.5 Å². The molecule has 1 heterocycles. The lowest BCUT2D eigenvalue weighted by atomic mass is 10.0. The molecule has 0 bridgehead atoms. The predicted molar refractivity (Wildman–Crippen MR) is 87.7 cm³/mol. The normalized spacial score (nSPS) is 17.1. The van der Waals surface area contributed by atoms with E-state index in [0.717, 1.165) is 30.8 Å². The molecule has 1 saturated carbocycles. The molecule has 22 heavy (non-hydrogen) atoms. The maximum absolute atomic E-state index is 12.0. The maximum atomic E-state index is 12.0. The molecular formula is C15H27N5OS. The Morgan fingerprint density at radius 3 is 2.73 bits per heavy atom. The first-order valence-electron chi connectivity index (χ1n) is 8.26. The van der Waals surface area contributed by atoms with Crippen molar-refractivity contribution >= 4 is 17.7 Å². The molecular weight excluding hydrogens is 298 g/mol. The van der Waals surface area contributed by atoms with Crippen molar-refractivity contribution in [1.82, 2.24) is 25.5 Å². The van der Waals surface area contributed by atoms with Crippen molar-refractivity contribution in [3.8, 4) is 0 Å². The quantitative estimate of drug-likeness (QED) is 0.744. The van der Waals surface area contributed by atoms with Crippen molar-refractivity contribution in [3.05, 3.63) is 0 Å². The standard InChI is InChI=1S/C15H27N5OS/c1-11(2)8-9-12(3)16-14(21)10-22-15-17-18-19-20(15)13-6-4-5-7-13/h11-13H,4-10H2,1-3H3,(H,16,21). The molecule has 0 saturated heterocycles. The number of carbonyl (C=O) groups excluding carboxylic acids is 1. The first kappa shape index (κ1) is 17.2. The van der Waals surface area contributed by atoms with Crippen LogP contribution in [0, 0.1) is 5.92 Å². The summed E-state index contributed by atoms with van der Waals surface area (Å²) in [6.07, 6.45) is 6.90. The van der Waals surface area contributed by atoms with Crippen molar-refractivity contribution in [2.75, 3.05) is 5.75 Å². The Hall–Kier alpha value is -1.11. The number of hydrogen-bond acceptors (Lipinski definition) is 5. The molecule has 6 nitrogen and oxygen atoms in total. The van der Waals surface area contributed by atoms with Gasteiger partial charge in [-0.05, 0) is 49.0 Å². The second-order valence-corrected chi connectivity index (χ2v) is 7.52. The number of thioether (sulfide) groups is 1. The third-order valence-electron chi connectivity index (χ3n) is 4.05. The van der Waals surface area contributed by atoms with Crippen LogP contribution in [-0.2, 0) is 4.79 Å². The lowest BCUT2D eigenvalue weighted by Gasteiger charge is -2.15. The summed E-state index contributed by atoms with van der Waals surface area (Å²) >= 11 is 1.43. The van der Waals surface area contributed by atoms with Crippen molar-refractivity contribution in [2.45, 2.75) is 76.5 Å². The van der Waals surface area contributed by atoms with Crippen molar-refractivity contribution in [2.24, 2.45) is 5.92 Å². The highest BCUT2D eigenvalue weighted by Crippen LogP contribution is 2.31. The van der Waals surface area contributed by atoms with Gasteiger partial charge in [0.1, 0.15) is 0 Å². The van der Waals surface area contributed by atoms with E-state index in [1.165, 1.54) is 24.6 Å². The van der Waals surface area contributed by atoms with Gasteiger partial charge in [-0.3, -0.25) is 4.79 Å². The summed E-state index contributed by atoms with van der Waals surface area (Å²) < 4.78 is 1.90. The number of nitrogens with one attached hydrogen (secondary N) is 1. The van der Waals surface area contributed by atoms with Gasteiger partial charge in [0.2, 0.25) is 11.1 Å². The van der Waals surface area contributed by atoms with Crippen molar-refractivity contribution in [1.29, 1.82) is 0 Å². The van der Waals surface area contributed by atoms with Gasteiger partial charge in [0.25, 0.3) is 0 Å². The SMILES string of the molecule is CC(C)CCC(C)NC(=O)CSc1nnnn1C1CCCC1. The second-order valence-electron chi connectivity index (χ2n) is 6.57. The maximum Gasteiger partial charge on any atom is 0.230 e. The molecule has 0 radical (unpaired) electrons. The first-order chi connectivity index (χ1) is 10.6. The van der Waals surface area contributed by atoms with E-state index in [9.17, 15) is 4.79 Å². The van der Waals surface area contributed by atoms with Gasteiger partial charge < -0.3 is 5.32 Å². The Morgan fingerprint density at radius 2 is 2.05 bits per heavy atom. The lowest BCUT2D eigenvalue weighted by molar-refractivity contribution is -0.119. The minimum Gasteiger partial charge on any atom is -0.353 e. The van der Waals surface area contributed by atoms with Gasteiger partial charge in [-0.25, -0.2) is 4.68 Å². The highest BCUT2D eigenvalue weighted by Gasteiger charge is 2.22. The molecule has 1 unspecified atom stereocenters. The molecule has 7 heteroatoms. The minimum atomic E-state index is 0.0576. The van der Waals surface area contributed by atoms with Gasteiger partial charge in [0, 0.05) is 6.04 Å². The summed E-state index contributed by atoms with van der Waals surface area (Å²) in [6.45, 7) is 6.47. The Bertz CT molecular complexity index is 470. The summed E-state index contributed by atoms with van der Waals surface area (Å²) in [6, 6.07) is 0.631. The lowest BCUT2D eigenvalue weighted by Crippen LogP contribution is -2.34. The summed E-state index contributed by atoms with van der Waals surface area (Å²) in [5, 5.41) is 15.7. The molecule has 1 amide bonds. The average molecular weight is 325 g/mol. The van der Waals surface area contributed by atoms with Crippen LogP contribution in [0.1, 0.15) is 65.3 Å². The molecule has 124 valence electrons. The van der Waals surface area contributed by atoms with Gasteiger partial charge in [0.05, 0.1) is 11.8 Å². The molecule has 1 atom stereocenters. The molecule has 1 N–H and O–H groups in total. The van der Waals surface area contributed by atoms with Crippen LogP contribution < -0.4 is 5.32 Å². The molecule has 1 aromatic rings. The fourth-order valence-electron chi connectivity index (χ4n) is 2.76. The fourth-order valence-corrected chi connectivity index (χ4v) is 3.52. The Balaban J connectivity index is 1.75. The number of aromatic nitrogens is 4. The van der Waals surface area contributed by atoms with E-state index in [4.69, 9.17) is 0 Å². The highest BCUT2D eigenvalue weighted by molar-refractivity contribution is 7.99. The molecule has 0 aliphatic heterocycles.